The average Bonchev–Trinajstić information content (AvgIpc) is 2.72. The van der Waals surface area contributed by atoms with Crippen LogP contribution >= 0.6 is 0 Å². The van der Waals surface area contributed by atoms with Gasteiger partial charge in [-0.15, -0.1) is 0 Å². The summed E-state index contributed by atoms with van der Waals surface area (Å²) in [4.78, 5) is 14.0. The first kappa shape index (κ1) is 10.6. The van der Waals surface area contributed by atoms with Crippen molar-refractivity contribution in [2.24, 2.45) is 0 Å². The van der Waals surface area contributed by atoms with Crippen molar-refractivity contribution in [3.05, 3.63) is 34.3 Å². The zero-order valence-corrected chi connectivity index (χ0v) is 9.66. The average molecular weight is 232 g/mol. The minimum atomic E-state index is -0.371. The molecule has 1 aliphatic rings. The van der Waals surface area contributed by atoms with E-state index in [1.54, 1.807) is 0 Å². The molecule has 1 aromatic heterocycles. The molecule has 0 bridgehead atoms. The van der Waals surface area contributed by atoms with Crippen LogP contribution < -0.4 is 11.1 Å². The summed E-state index contributed by atoms with van der Waals surface area (Å²) in [6.45, 7) is 1.10. The van der Waals surface area contributed by atoms with Crippen LogP contribution in [0.3, 0.4) is 0 Å². The van der Waals surface area contributed by atoms with Gasteiger partial charge in [-0.2, -0.15) is 0 Å². The summed E-state index contributed by atoms with van der Waals surface area (Å²) < 4.78 is 5.07. The number of aromatic amines is 1. The second kappa shape index (κ2) is 4.37. The van der Waals surface area contributed by atoms with Gasteiger partial charge in [0.15, 0.2) is 5.58 Å². The highest BCUT2D eigenvalue weighted by molar-refractivity contribution is 5.76. The van der Waals surface area contributed by atoms with E-state index in [0.29, 0.717) is 11.6 Å². The number of piperidine rings is 1. The Morgan fingerprint density at radius 2 is 2.29 bits per heavy atom. The largest absolute Gasteiger partial charge is 0.417 e. The number of rotatable bonds is 2. The number of para-hydroxylation sites is 1. The Hall–Kier alpha value is -1.55. The number of hydrogen-bond acceptors (Lipinski definition) is 3. The first-order chi connectivity index (χ1) is 8.33. The fourth-order valence-corrected chi connectivity index (χ4v) is 2.56. The Balaban J connectivity index is 1.91. The number of fused-ring (bicyclic) bond motifs is 1. The van der Waals surface area contributed by atoms with Crippen molar-refractivity contribution in [1.29, 1.82) is 0 Å². The number of hydrogen-bond donors (Lipinski definition) is 2. The molecule has 0 aliphatic carbocycles. The van der Waals surface area contributed by atoms with Crippen molar-refractivity contribution in [3.63, 3.8) is 0 Å². The number of nitrogens with one attached hydrogen (secondary N) is 2. The minimum absolute atomic E-state index is 0.371. The molecular formula is C13H16N2O2. The number of H-pyrrole nitrogens is 1. The maximum atomic E-state index is 11.2. The zero-order chi connectivity index (χ0) is 11.7. The molecule has 0 radical (unpaired) electrons. The summed E-state index contributed by atoms with van der Waals surface area (Å²) in [5.74, 6) is -0.371. The SMILES string of the molecule is O=c1[nH]c2c(CC3CCCCN3)cccc2o1. The van der Waals surface area contributed by atoms with Gasteiger partial charge in [0.1, 0.15) is 0 Å². The lowest BCUT2D eigenvalue weighted by atomic mass is 9.97. The van der Waals surface area contributed by atoms with E-state index < -0.39 is 0 Å². The highest BCUT2D eigenvalue weighted by Gasteiger charge is 2.15. The van der Waals surface area contributed by atoms with Crippen molar-refractivity contribution >= 4 is 11.1 Å². The van der Waals surface area contributed by atoms with E-state index in [-0.39, 0.29) is 5.76 Å². The van der Waals surface area contributed by atoms with Crippen molar-refractivity contribution in [2.45, 2.75) is 31.7 Å². The molecule has 1 fully saturated rings. The lowest BCUT2D eigenvalue weighted by Gasteiger charge is -2.23. The zero-order valence-electron chi connectivity index (χ0n) is 9.66. The van der Waals surface area contributed by atoms with Gasteiger partial charge in [-0.1, -0.05) is 18.6 Å². The lowest BCUT2D eigenvalue weighted by Crippen LogP contribution is -2.35. The van der Waals surface area contributed by atoms with Crippen LogP contribution in [0.15, 0.2) is 27.4 Å². The summed E-state index contributed by atoms with van der Waals surface area (Å²) in [5, 5.41) is 3.52. The topological polar surface area (TPSA) is 58.0 Å². The molecule has 2 N–H and O–H groups in total. The van der Waals surface area contributed by atoms with E-state index in [2.05, 4.69) is 16.4 Å². The summed E-state index contributed by atoms with van der Waals surface area (Å²) in [5.41, 5.74) is 2.67. The van der Waals surface area contributed by atoms with Crippen molar-refractivity contribution in [1.82, 2.24) is 10.3 Å². The summed E-state index contributed by atoms with van der Waals surface area (Å²) in [6, 6.07) is 6.35. The van der Waals surface area contributed by atoms with E-state index in [1.807, 2.05) is 12.1 Å². The molecule has 0 amide bonds. The maximum Gasteiger partial charge on any atom is 0.417 e. The summed E-state index contributed by atoms with van der Waals surface area (Å²) >= 11 is 0. The van der Waals surface area contributed by atoms with E-state index in [9.17, 15) is 4.79 Å². The van der Waals surface area contributed by atoms with E-state index in [1.165, 1.54) is 19.3 Å². The van der Waals surface area contributed by atoms with Gasteiger partial charge in [0.2, 0.25) is 0 Å². The molecule has 1 aliphatic heterocycles. The van der Waals surface area contributed by atoms with Gasteiger partial charge in [0.25, 0.3) is 0 Å². The monoisotopic (exact) mass is 232 g/mol. The van der Waals surface area contributed by atoms with Gasteiger partial charge >= 0.3 is 5.76 Å². The van der Waals surface area contributed by atoms with Crippen molar-refractivity contribution < 1.29 is 4.42 Å². The van der Waals surface area contributed by atoms with Crippen molar-refractivity contribution in [2.75, 3.05) is 6.54 Å². The minimum Gasteiger partial charge on any atom is -0.408 e. The highest BCUT2D eigenvalue weighted by Crippen LogP contribution is 2.19. The second-order valence-corrected chi connectivity index (χ2v) is 4.66. The third kappa shape index (κ3) is 2.13. The Morgan fingerprint density at radius 1 is 1.35 bits per heavy atom. The molecule has 4 heteroatoms. The van der Waals surface area contributed by atoms with Crippen LogP contribution in [0.4, 0.5) is 0 Å². The van der Waals surface area contributed by atoms with Crippen LogP contribution in [0.2, 0.25) is 0 Å². The normalized spacial score (nSPS) is 20.8. The Bertz CT molecular complexity index is 564. The van der Waals surface area contributed by atoms with E-state index in [0.717, 1.165) is 24.0 Å². The molecule has 2 heterocycles. The lowest BCUT2D eigenvalue weighted by molar-refractivity contribution is 0.400. The molecular weight excluding hydrogens is 216 g/mol. The molecule has 0 spiro atoms. The molecule has 2 aromatic rings. The van der Waals surface area contributed by atoms with E-state index in [4.69, 9.17) is 4.42 Å². The van der Waals surface area contributed by atoms with Crippen LogP contribution in [0, 0.1) is 0 Å². The van der Waals surface area contributed by atoms with Gasteiger partial charge in [0.05, 0.1) is 5.52 Å². The van der Waals surface area contributed by atoms with Crippen LogP contribution in [-0.4, -0.2) is 17.6 Å². The standard InChI is InChI=1S/C13H16N2O2/c16-13-15-12-9(4-3-6-11(12)17-13)8-10-5-1-2-7-14-10/h3-4,6,10,14H,1-2,5,7-8H2,(H,15,16). The van der Waals surface area contributed by atoms with Crippen molar-refractivity contribution in [3.8, 4) is 0 Å². The molecule has 1 aromatic carbocycles. The fraction of sp³-hybridized carbons (Fsp3) is 0.462. The molecule has 17 heavy (non-hydrogen) atoms. The van der Waals surface area contributed by atoms with Crippen LogP contribution in [0.1, 0.15) is 24.8 Å². The van der Waals surface area contributed by atoms with Gasteiger partial charge in [0, 0.05) is 6.04 Å². The number of aromatic nitrogens is 1. The molecule has 0 saturated carbocycles. The Kier molecular flexibility index (Phi) is 2.73. The van der Waals surface area contributed by atoms with Gasteiger partial charge in [-0.05, 0) is 37.4 Å². The van der Waals surface area contributed by atoms with E-state index >= 15 is 0 Å². The Labute approximate surface area is 99.0 Å². The van der Waals surface area contributed by atoms with Crippen LogP contribution in [-0.2, 0) is 6.42 Å². The van der Waals surface area contributed by atoms with Gasteiger partial charge in [-0.25, -0.2) is 4.79 Å². The first-order valence-corrected chi connectivity index (χ1v) is 6.17. The Morgan fingerprint density at radius 3 is 3.12 bits per heavy atom. The molecule has 1 atom stereocenters. The maximum absolute atomic E-state index is 11.2. The molecule has 1 unspecified atom stereocenters. The van der Waals surface area contributed by atoms with Crippen LogP contribution in [0.25, 0.3) is 11.1 Å². The van der Waals surface area contributed by atoms with Crippen LogP contribution in [0.5, 0.6) is 0 Å². The first-order valence-electron chi connectivity index (χ1n) is 6.17. The van der Waals surface area contributed by atoms with Gasteiger partial charge < -0.3 is 9.73 Å². The van der Waals surface area contributed by atoms with Gasteiger partial charge in [-0.3, -0.25) is 4.98 Å². The highest BCUT2D eigenvalue weighted by atomic mass is 16.4. The quantitative estimate of drug-likeness (QED) is 0.830. The number of benzene rings is 1. The molecule has 4 nitrogen and oxygen atoms in total. The predicted octanol–water partition coefficient (Wildman–Crippen LogP) is 1.81. The molecule has 90 valence electrons. The smallest absolute Gasteiger partial charge is 0.408 e. The third-order valence-corrected chi connectivity index (χ3v) is 3.42. The summed E-state index contributed by atoms with van der Waals surface area (Å²) in [6.07, 6.45) is 4.71. The molecule has 3 rings (SSSR count). The fourth-order valence-electron chi connectivity index (χ4n) is 2.56. The second-order valence-electron chi connectivity index (χ2n) is 4.66. The number of oxazole rings is 1. The third-order valence-electron chi connectivity index (χ3n) is 3.42. The molecule has 1 saturated heterocycles. The summed E-state index contributed by atoms with van der Waals surface area (Å²) in [7, 11) is 0. The predicted molar refractivity (Wildman–Crippen MR) is 66.2 cm³/mol.